The Morgan fingerprint density at radius 2 is 1.81 bits per heavy atom. The second-order valence-electron chi connectivity index (χ2n) is 7.66. The number of imidazole rings is 1. The Balaban J connectivity index is 1.46. The van der Waals surface area contributed by atoms with Gasteiger partial charge in [-0.25, -0.2) is 9.97 Å². The Kier molecular flexibility index (Phi) is 5.29. The standard InChI is InChI=1S/C20H21F3N6O2/c1-13-9-14(2)28-12-16(25-19(28)24-13)11-26-5-7-27(8-6-26)17-4-3-15(20(21,22)23)10-18(17)29(30)31/h3-4,9-10,12H,5-8,11H2,1-2H3. The summed E-state index contributed by atoms with van der Waals surface area (Å²) in [4.78, 5) is 23.5. The molecule has 1 aromatic carbocycles. The first-order valence-corrected chi connectivity index (χ1v) is 9.77. The Morgan fingerprint density at radius 1 is 1.10 bits per heavy atom. The zero-order valence-electron chi connectivity index (χ0n) is 17.1. The van der Waals surface area contributed by atoms with Gasteiger partial charge in [0.15, 0.2) is 0 Å². The smallest absolute Gasteiger partial charge is 0.363 e. The molecule has 0 bridgehead atoms. The van der Waals surface area contributed by atoms with Crippen LogP contribution in [0.25, 0.3) is 5.78 Å². The lowest BCUT2D eigenvalue weighted by Crippen LogP contribution is -2.46. The van der Waals surface area contributed by atoms with Crippen molar-refractivity contribution in [2.24, 2.45) is 0 Å². The number of halogens is 3. The van der Waals surface area contributed by atoms with E-state index in [-0.39, 0.29) is 5.69 Å². The van der Waals surface area contributed by atoms with Crippen LogP contribution in [0.2, 0.25) is 0 Å². The third-order valence-electron chi connectivity index (χ3n) is 5.41. The molecule has 0 aliphatic carbocycles. The number of piperazine rings is 1. The zero-order valence-corrected chi connectivity index (χ0v) is 17.1. The summed E-state index contributed by atoms with van der Waals surface area (Å²) in [6.45, 7) is 6.66. The van der Waals surface area contributed by atoms with Crippen molar-refractivity contribution in [3.05, 3.63) is 63.2 Å². The molecule has 164 valence electrons. The topological polar surface area (TPSA) is 79.8 Å². The van der Waals surface area contributed by atoms with E-state index < -0.39 is 22.4 Å². The molecule has 1 aliphatic rings. The molecule has 0 unspecified atom stereocenters. The average Bonchev–Trinajstić information content (AvgIpc) is 3.10. The number of aromatic nitrogens is 3. The molecular formula is C20H21F3N6O2. The van der Waals surface area contributed by atoms with Gasteiger partial charge in [0.25, 0.3) is 5.69 Å². The molecule has 2 aromatic heterocycles. The van der Waals surface area contributed by atoms with Crippen molar-refractivity contribution in [3.8, 4) is 0 Å². The van der Waals surface area contributed by atoms with Gasteiger partial charge in [-0.3, -0.25) is 19.4 Å². The number of rotatable bonds is 4. The molecule has 8 nitrogen and oxygen atoms in total. The monoisotopic (exact) mass is 434 g/mol. The molecule has 0 spiro atoms. The molecule has 3 aromatic rings. The minimum absolute atomic E-state index is 0.209. The molecule has 4 rings (SSSR count). The van der Waals surface area contributed by atoms with Crippen molar-refractivity contribution in [2.45, 2.75) is 26.6 Å². The molecular weight excluding hydrogens is 413 g/mol. The van der Waals surface area contributed by atoms with E-state index in [0.29, 0.717) is 44.6 Å². The van der Waals surface area contributed by atoms with E-state index in [1.807, 2.05) is 30.5 Å². The lowest BCUT2D eigenvalue weighted by atomic mass is 10.1. The van der Waals surface area contributed by atoms with Crippen LogP contribution >= 0.6 is 0 Å². The van der Waals surface area contributed by atoms with Gasteiger partial charge in [-0.15, -0.1) is 0 Å². The molecule has 11 heteroatoms. The molecule has 1 fully saturated rings. The van der Waals surface area contributed by atoms with Gasteiger partial charge < -0.3 is 4.90 Å². The van der Waals surface area contributed by atoms with Gasteiger partial charge >= 0.3 is 6.18 Å². The van der Waals surface area contributed by atoms with Gasteiger partial charge in [-0.2, -0.15) is 13.2 Å². The predicted octanol–water partition coefficient (Wildman–Crippen LogP) is 3.60. The maximum atomic E-state index is 12.9. The molecule has 0 N–H and O–H groups in total. The van der Waals surface area contributed by atoms with E-state index in [9.17, 15) is 23.3 Å². The lowest BCUT2D eigenvalue weighted by Gasteiger charge is -2.35. The van der Waals surface area contributed by atoms with Crippen LogP contribution in [-0.2, 0) is 12.7 Å². The number of benzene rings is 1. The van der Waals surface area contributed by atoms with Crippen LogP contribution in [0.5, 0.6) is 0 Å². The first kappa shape index (κ1) is 21.0. The fourth-order valence-corrected chi connectivity index (χ4v) is 3.88. The number of nitrogens with zero attached hydrogens (tertiary/aromatic N) is 6. The van der Waals surface area contributed by atoms with E-state index >= 15 is 0 Å². The zero-order chi connectivity index (χ0) is 22.3. The third kappa shape index (κ3) is 4.31. The number of anilines is 1. The summed E-state index contributed by atoms with van der Waals surface area (Å²) in [7, 11) is 0. The highest BCUT2D eigenvalue weighted by Gasteiger charge is 2.34. The summed E-state index contributed by atoms with van der Waals surface area (Å²) in [5.41, 5.74) is 1.47. The number of nitro groups is 1. The second kappa shape index (κ2) is 7.80. The quantitative estimate of drug-likeness (QED) is 0.461. The first-order chi connectivity index (χ1) is 14.6. The van der Waals surface area contributed by atoms with E-state index in [1.165, 1.54) is 6.07 Å². The van der Waals surface area contributed by atoms with Crippen molar-refractivity contribution in [2.75, 3.05) is 31.1 Å². The molecule has 0 amide bonds. The van der Waals surface area contributed by atoms with Gasteiger partial charge in [-0.05, 0) is 32.0 Å². The molecule has 0 atom stereocenters. The fourth-order valence-electron chi connectivity index (χ4n) is 3.88. The van der Waals surface area contributed by atoms with Gasteiger partial charge in [0.1, 0.15) is 5.69 Å². The summed E-state index contributed by atoms with van der Waals surface area (Å²) in [5, 5.41) is 11.4. The summed E-state index contributed by atoms with van der Waals surface area (Å²) in [6, 6.07) is 4.67. The van der Waals surface area contributed by atoms with Crippen LogP contribution in [0, 0.1) is 24.0 Å². The Morgan fingerprint density at radius 3 is 2.45 bits per heavy atom. The SMILES string of the molecule is Cc1cc(C)n2cc(CN3CCN(c4ccc(C(F)(F)F)cc4[N+](=O)[O-])CC3)nc2n1. The van der Waals surface area contributed by atoms with Crippen molar-refractivity contribution in [3.63, 3.8) is 0 Å². The number of hydrogen-bond acceptors (Lipinski definition) is 6. The molecule has 1 aliphatic heterocycles. The maximum absolute atomic E-state index is 12.9. The second-order valence-corrected chi connectivity index (χ2v) is 7.66. The average molecular weight is 434 g/mol. The number of fused-ring (bicyclic) bond motifs is 1. The molecule has 0 saturated carbocycles. The highest BCUT2D eigenvalue weighted by atomic mass is 19.4. The largest absolute Gasteiger partial charge is 0.416 e. The van der Waals surface area contributed by atoms with Crippen molar-refractivity contribution in [1.82, 2.24) is 19.3 Å². The van der Waals surface area contributed by atoms with Crippen molar-refractivity contribution < 1.29 is 18.1 Å². The molecule has 1 saturated heterocycles. The van der Waals surface area contributed by atoms with E-state index in [2.05, 4.69) is 14.9 Å². The number of hydrogen-bond donors (Lipinski definition) is 0. The van der Waals surface area contributed by atoms with Crippen LogP contribution in [0.15, 0.2) is 30.5 Å². The molecule has 3 heterocycles. The summed E-state index contributed by atoms with van der Waals surface area (Å²) >= 11 is 0. The Labute approximate surface area is 176 Å². The van der Waals surface area contributed by atoms with Gasteiger partial charge in [0.2, 0.25) is 5.78 Å². The van der Waals surface area contributed by atoms with Crippen molar-refractivity contribution >= 4 is 17.2 Å². The van der Waals surface area contributed by atoms with E-state index in [0.717, 1.165) is 23.1 Å². The van der Waals surface area contributed by atoms with Gasteiger partial charge in [0.05, 0.1) is 16.2 Å². The first-order valence-electron chi connectivity index (χ1n) is 9.77. The summed E-state index contributed by atoms with van der Waals surface area (Å²) < 4.78 is 40.7. The Bertz CT molecular complexity index is 1140. The third-order valence-corrected chi connectivity index (χ3v) is 5.41. The van der Waals surface area contributed by atoms with Gasteiger partial charge in [0, 0.05) is 56.4 Å². The number of alkyl halides is 3. The summed E-state index contributed by atoms with van der Waals surface area (Å²) in [5.74, 6) is 0.645. The van der Waals surface area contributed by atoms with Crippen LogP contribution in [-0.4, -0.2) is 50.4 Å². The normalized spacial score (nSPS) is 15.6. The van der Waals surface area contributed by atoms with Crippen molar-refractivity contribution in [1.29, 1.82) is 0 Å². The van der Waals surface area contributed by atoms with Crippen LogP contribution in [0.3, 0.4) is 0 Å². The number of nitro benzene ring substituents is 1. The molecule has 31 heavy (non-hydrogen) atoms. The number of aryl methyl sites for hydroxylation is 2. The Hall–Kier alpha value is -3.21. The van der Waals surface area contributed by atoms with Crippen LogP contribution < -0.4 is 4.90 Å². The maximum Gasteiger partial charge on any atom is 0.416 e. The minimum atomic E-state index is -4.62. The fraction of sp³-hybridized carbons (Fsp3) is 0.400. The van der Waals surface area contributed by atoms with Gasteiger partial charge in [-0.1, -0.05) is 0 Å². The minimum Gasteiger partial charge on any atom is -0.363 e. The summed E-state index contributed by atoms with van der Waals surface area (Å²) in [6.07, 6.45) is -2.67. The molecule has 0 radical (unpaired) electrons. The van der Waals surface area contributed by atoms with Crippen LogP contribution in [0.1, 0.15) is 22.6 Å². The van der Waals surface area contributed by atoms with E-state index in [1.54, 1.807) is 4.90 Å². The van der Waals surface area contributed by atoms with E-state index in [4.69, 9.17) is 0 Å². The lowest BCUT2D eigenvalue weighted by molar-refractivity contribution is -0.384. The van der Waals surface area contributed by atoms with Crippen LogP contribution in [0.4, 0.5) is 24.5 Å². The highest BCUT2D eigenvalue weighted by Crippen LogP contribution is 2.36. The highest BCUT2D eigenvalue weighted by molar-refractivity contribution is 5.65. The predicted molar refractivity (Wildman–Crippen MR) is 108 cm³/mol.